The summed E-state index contributed by atoms with van der Waals surface area (Å²) in [7, 11) is 1.70. The number of aldehydes is 1. The predicted molar refractivity (Wildman–Crippen MR) is 126 cm³/mol. The van der Waals surface area contributed by atoms with Crippen molar-refractivity contribution in [2.45, 2.75) is 94.1 Å². The summed E-state index contributed by atoms with van der Waals surface area (Å²) in [4.78, 5) is 19.6. The molecule has 29 heavy (non-hydrogen) atoms. The van der Waals surface area contributed by atoms with E-state index in [2.05, 4.69) is 13.8 Å². The Balaban J connectivity index is -0.000000169. The maximum Gasteiger partial charge on any atom is 0.306 e. The predicted octanol–water partition coefficient (Wildman–Crippen LogP) is 7.40. The Kier molecular flexibility index (Phi) is 37.2. The van der Waals surface area contributed by atoms with Gasteiger partial charge in [0.15, 0.2) is 0 Å². The van der Waals surface area contributed by atoms with Crippen LogP contribution >= 0.6 is 0 Å². The summed E-state index contributed by atoms with van der Waals surface area (Å²) in [5.74, 6) is -0.0668. The molecule has 1 aromatic carbocycles. The normalized spacial score (nSPS) is 10.7. The summed E-state index contributed by atoms with van der Waals surface area (Å²) >= 11 is 0. The Morgan fingerprint density at radius 1 is 1.03 bits per heavy atom. The smallest absolute Gasteiger partial charge is 0.306 e. The van der Waals surface area contributed by atoms with Crippen LogP contribution < -0.4 is 0 Å². The first-order valence-electron chi connectivity index (χ1n) is 11.1. The molecule has 0 aliphatic rings. The van der Waals surface area contributed by atoms with E-state index in [0.29, 0.717) is 12.5 Å². The van der Waals surface area contributed by atoms with Gasteiger partial charge in [0.2, 0.25) is 0 Å². The van der Waals surface area contributed by atoms with Crippen LogP contribution in [0.15, 0.2) is 30.3 Å². The SMILES string of the molecule is CC.CC.CC=O.CCCC(CCC(C)CC)C(=O)O.COCc1ccccc1. The number of ether oxygens (including phenoxy) is 1. The second kappa shape index (κ2) is 31.0. The minimum absolute atomic E-state index is 0.112. The zero-order valence-corrected chi connectivity index (χ0v) is 20.5. The minimum atomic E-state index is -0.620. The first-order valence-corrected chi connectivity index (χ1v) is 11.1. The fourth-order valence-electron chi connectivity index (χ4n) is 2.17. The van der Waals surface area contributed by atoms with E-state index in [1.807, 2.05) is 65.0 Å². The molecule has 0 fully saturated rings. The molecule has 0 aliphatic carbocycles. The first-order chi connectivity index (χ1) is 14.0. The second-order valence-electron chi connectivity index (χ2n) is 6.07. The van der Waals surface area contributed by atoms with Gasteiger partial charge in [-0.3, -0.25) is 4.79 Å². The van der Waals surface area contributed by atoms with Crippen LogP contribution in [0.1, 0.15) is 93.1 Å². The standard InChI is InChI=1S/C11H22O2.C8H10O.C2H4O.2C2H6/c1-4-6-10(11(12)13)8-7-9(3)5-2;1-9-7-8-5-3-2-4-6-8;1-2-3;2*1-2/h9-10H,4-8H2,1-3H3,(H,12,13);2-6H,7H2,1H3;2H,1H3;2*1-2H3. The molecule has 1 N–H and O–H groups in total. The van der Waals surface area contributed by atoms with Crippen molar-refractivity contribution in [2.24, 2.45) is 11.8 Å². The van der Waals surface area contributed by atoms with Gasteiger partial charge in [-0.2, -0.15) is 0 Å². The molecule has 0 spiro atoms. The number of aliphatic carboxylic acids is 1. The summed E-state index contributed by atoms with van der Waals surface area (Å²) in [6, 6.07) is 10.1. The maximum absolute atomic E-state index is 10.8. The number of carboxylic acids is 1. The average molecular weight is 413 g/mol. The number of rotatable bonds is 9. The molecular formula is C25H48O4. The van der Waals surface area contributed by atoms with Crippen molar-refractivity contribution < 1.29 is 19.4 Å². The van der Waals surface area contributed by atoms with Gasteiger partial charge in [0.25, 0.3) is 0 Å². The van der Waals surface area contributed by atoms with Crippen molar-refractivity contribution in [3.8, 4) is 0 Å². The average Bonchev–Trinajstić information content (AvgIpc) is 2.75. The summed E-state index contributed by atoms with van der Waals surface area (Å²) < 4.78 is 4.93. The minimum Gasteiger partial charge on any atom is -0.481 e. The Hall–Kier alpha value is -1.68. The van der Waals surface area contributed by atoms with Crippen LogP contribution in [0.2, 0.25) is 0 Å². The molecule has 0 saturated heterocycles. The lowest BCUT2D eigenvalue weighted by Gasteiger charge is -2.13. The molecule has 1 aromatic rings. The zero-order chi connectivity index (χ0) is 23.5. The quantitative estimate of drug-likeness (QED) is 0.429. The van der Waals surface area contributed by atoms with E-state index in [-0.39, 0.29) is 5.92 Å². The molecule has 0 saturated carbocycles. The third-order valence-corrected chi connectivity index (χ3v) is 3.85. The topological polar surface area (TPSA) is 63.6 Å². The molecule has 0 aromatic heterocycles. The van der Waals surface area contributed by atoms with Gasteiger partial charge >= 0.3 is 5.97 Å². The van der Waals surface area contributed by atoms with Crippen LogP contribution in [-0.4, -0.2) is 24.5 Å². The maximum atomic E-state index is 10.8. The number of hydrogen-bond donors (Lipinski definition) is 1. The third kappa shape index (κ3) is 28.6. The lowest BCUT2D eigenvalue weighted by molar-refractivity contribution is -0.142. The Morgan fingerprint density at radius 3 is 1.86 bits per heavy atom. The van der Waals surface area contributed by atoms with Gasteiger partial charge in [-0.15, -0.1) is 0 Å². The van der Waals surface area contributed by atoms with E-state index in [4.69, 9.17) is 14.6 Å². The van der Waals surface area contributed by atoms with Crippen molar-refractivity contribution in [3.63, 3.8) is 0 Å². The number of hydrogen-bond acceptors (Lipinski definition) is 3. The summed E-state index contributed by atoms with van der Waals surface area (Å²) in [5, 5.41) is 8.89. The Bertz CT molecular complexity index is 418. The number of carbonyl (C=O) groups excluding carboxylic acids is 1. The lowest BCUT2D eigenvalue weighted by Crippen LogP contribution is -2.14. The highest BCUT2D eigenvalue weighted by Crippen LogP contribution is 2.19. The monoisotopic (exact) mass is 412 g/mol. The van der Waals surface area contributed by atoms with Crippen LogP contribution in [0.4, 0.5) is 0 Å². The largest absolute Gasteiger partial charge is 0.481 e. The van der Waals surface area contributed by atoms with Crippen LogP contribution in [0.25, 0.3) is 0 Å². The van der Waals surface area contributed by atoms with E-state index in [0.717, 1.165) is 38.4 Å². The van der Waals surface area contributed by atoms with E-state index in [1.54, 1.807) is 7.11 Å². The summed E-state index contributed by atoms with van der Waals surface area (Å²) in [6.45, 7) is 16.5. The van der Waals surface area contributed by atoms with Gasteiger partial charge in [-0.25, -0.2) is 0 Å². The van der Waals surface area contributed by atoms with Gasteiger partial charge < -0.3 is 14.6 Å². The number of benzene rings is 1. The zero-order valence-electron chi connectivity index (χ0n) is 20.5. The van der Waals surface area contributed by atoms with E-state index < -0.39 is 5.97 Å². The Morgan fingerprint density at radius 2 is 1.52 bits per heavy atom. The van der Waals surface area contributed by atoms with Gasteiger partial charge in [0.05, 0.1) is 12.5 Å². The fourth-order valence-corrected chi connectivity index (χ4v) is 2.17. The summed E-state index contributed by atoms with van der Waals surface area (Å²) in [6.07, 6.45) is 5.59. The van der Waals surface area contributed by atoms with Crippen molar-refractivity contribution in [1.82, 2.24) is 0 Å². The molecule has 4 heteroatoms. The van der Waals surface area contributed by atoms with Crippen molar-refractivity contribution >= 4 is 12.3 Å². The van der Waals surface area contributed by atoms with Gasteiger partial charge in [0, 0.05) is 7.11 Å². The van der Waals surface area contributed by atoms with Crippen LogP contribution in [0, 0.1) is 11.8 Å². The number of carboxylic acid groups (broad SMARTS) is 1. The molecular weight excluding hydrogens is 364 g/mol. The van der Waals surface area contributed by atoms with Crippen molar-refractivity contribution in [3.05, 3.63) is 35.9 Å². The fraction of sp³-hybridized carbons (Fsp3) is 0.680. The molecule has 1 rings (SSSR count). The molecule has 172 valence electrons. The molecule has 4 nitrogen and oxygen atoms in total. The van der Waals surface area contributed by atoms with Crippen LogP contribution in [-0.2, 0) is 20.9 Å². The lowest BCUT2D eigenvalue weighted by atomic mass is 9.92. The molecule has 0 radical (unpaired) electrons. The molecule has 0 amide bonds. The van der Waals surface area contributed by atoms with E-state index >= 15 is 0 Å². The molecule has 0 aliphatic heterocycles. The molecule has 0 bridgehead atoms. The van der Waals surface area contributed by atoms with Gasteiger partial charge in [-0.05, 0) is 37.7 Å². The molecule has 2 atom stereocenters. The Labute approximate surface area is 181 Å². The highest BCUT2D eigenvalue weighted by molar-refractivity contribution is 5.69. The highest BCUT2D eigenvalue weighted by atomic mass is 16.5. The van der Waals surface area contributed by atoms with Crippen molar-refractivity contribution in [1.29, 1.82) is 0 Å². The molecule has 0 heterocycles. The van der Waals surface area contributed by atoms with E-state index in [9.17, 15) is 4.79 Å². The summed E-state index contributed by atoms with van der Waals surface area (Å²) in [5.41, 5.74) is 1.22. The van der Waals surface area contributed by atoms with E-state index in [1.165, 1.54) is 12.5 Å². The van der Waals surface area contributed by atoms with Crippen LogP contribution in [0.5, 0.6) is 0 Å². The van der Waals surface area contributed by atoms with Crippen molar-refractivity contribution in [2.75, 3.05) is 7.11 Å². The first kappa shape index (κ1) is 34.8. The van der Waals surface area contributed by atoms with Gasteiger partial charge in [0.1, 0.15) is 6.29 Å². The number of carbonyl (C=O) groups is 2. The third-order valence-electron chi connectivity index (χ3n) is 3.85. The van der Waals surface area contributed by atoms with Gasteiger partial charge in [-0.1, -0.05) is 91.6 Å². The highest BCUT2D eigenvalue weighted by Gasteiger charge is 2.16. The molecule has 2 unspecified atom stereocenters. The van der Waals surface area contributed by atoms with Crippen LogP contribution in [0.3, 0.4) is 0 Å². The second-order valence-corrected chi connectivity index (χ2v) is 6.07. The number of methoxy groups -OCH3 is 1.